The van der Waals surface area contributed by atoms with Gasteiger partial charge in [0, 0.05) is 23.9 Å². The number of hydrogen-bond acceptors (Lipinski definition) is 5. The summed E-state index contributed by atoms with van der Waals surface area (Å²) in [7, 11) is 0. The first kappa shape index (κ1) is 19.9. The first-order chi connectivity index (χ1) is 13.2. The van der Waals surface area contributed by atoms with Crippen LogP contribution in [0.25, 0.3) is 11.0 Å². The van der Waals surface area contributed by atoms with Gasteiger partial charge in [0.2, 0.25) is 0 Å². The van der Waals surface area contributed by atoms with Gasteiger partial charge in [0.25, 0.3) is 0 Å². The molecule has 1 aromatic heterocycles. The maximum atomic E-state index is 12.6. The summed E-state index contributed by atoms with van der Waals surface area (Å²) in [6.45, 7) is 11.3. The number of carbonyl (C=O) groups is 1. The van der Waals surface area contributed by atoms with Crippen molar-refractivity contribution in [3.8, 4) is 5.75 Å². The quantitative estimate of drug-likeness (QED) is 0.430. The summed E-state index contributed by atoms with van der Waals surface area (Å²) in [4.78, 5) is 24.1. The fourth-order valence-corrected chi connectivity index (χ4v) is 3.39. The molecule has 0 bridgehead atoms. The maximum Gasteiger partial charge on any atom is 0.336 e. The van der Waals surface area contributed by atoms with Gasteiger partial charge in [-0.1, -0.05) is 31.2 Å². The van der Waals surface area contributed by atoms with Crippen molar-refractivity contribution in [1.82, 2.24) is 0 Å². The lowest BCUT2D eigenvalue weighted by Gasteiger charge is -2.39. The fraction of sp³-hybridized carbons (Fsp3) is 0.391. The Hall–Kier alpha value is -2.82. The van der Waals surface area contributed by atoms with Crippen LogP contribution >= 0.6 is 0 Å². The predicted molar refractivity (Wildman–Crippen MR) is 109 cm³/mol. The lowest BCUT2D eigenvalue weighted by molar-refractivity contribution is -0.165. The minimum Gasteiger partial charge on any atom is -0.484 e. The van der Waals surface area contributed by atoms with Crippen LogP contribution in [0, 0.1) is 5.92 Å². The van der Waals surface area contributed by atoms with E-state index in [0.717, 1.165) is 16.5 Å². The average Bonchev–Trinajstić information content (AvgIpc) is 2.64. The Balaban J connectivity index is 1.82. The zero-order valence-corrected chi connectivity index (χ0v) is 16.8. The second-order valence-electron chi connectivity index (χ2n) is 7.76. The van der Waals surface area contributed by atoms with Crippen molar-refractivity contribution in [2.75, 3.05) is 0 Å². The molecular weight excluding hydrogens is 356 g/mol. The standard InChI is InChI=1S/C23H26O5/c1-6-15(7-2)10-14(3)22(25)27-20-12-17-11-16-8-9-21(24)26-18(16)13-19(17)28-23(20,4)5/h6-9,11,13-14,20H,1,10,12H2,2-5H3/b15-7+/t14?,20-/m0/s1. The van der Waals surface area contributed by atoms with Crippen molar-refractivity contribution in [2.24, 2.45) is 5.92 Å². The predicted octanol–water partition coefficient (Wildman–Crippen LogP) is 4.58. The van der Waals surface area contributed by atoms with Crippen LogP contribution in [0.3, 0.4) is 0 Å². The average molecular weight is 382 g/mol. The molecule has 2 atom stereocenters. The number of ether oxygens (including phenoxy) is 2. The summed E-state index contributed by atoms with van der Waals surface area (Å²) in [6, 6.07) is 6.76. The molecule has 0 fully saturated rings. The molecule has 0 aliphatic carbocycles. The molecule has 5 heteroatoms. The lowest BCUT2D eigenvalue weighted by Crippen LogP contribution is -2.49. The highest BCUT2D eigenvalue weighted by Crippen LogP contribution is 2.37. The molecule has 28 heavy (non-hydrogen) atoms. The van der Waals surface area contributed by atoms with Crippen LogP contribution in [0.5, 0.6) is 5.75 Å². The van der Waals surface area contributed by atoms with Crippen molar-refractivity contribution in [1.29, 1.82) is 0 Å². The topological polar surface area (TPSA) is 65.7 Å². The molecule has 1 aliphatic rings. The molecule has 1 aromatic carbocycles. The van der Waals surface area contributed by atoms with Gasteiger partial charge in [0.1, 0.15) is 23.0 Å². The van der Waals surface area contributed by atoms with E-state index in [1.807, 2.05) is 39.8 Å². The summed E-state index contributed by atoms with van der Waals surface area (Å²) in [6.07, 6.45) is 4.42. The minimum absolute atomic E-state index is 0.252. The molecular formula is C23H26O5. The molecule has 0 spiro atoms. The van der Waals surface area contributed by atoms with Gasteiger partial charge in [0.15, 0.2) is 0 Å². The zero-order valence-electron chi connectivity index (χ0n) is 16.8. The molecule has 148 valence electrons. The summed E-state index contributed by atoms with van der Waals surface area (Å²) in [5.41, 5.74) is 1.32. The second-order valence-corrected chi connectivity index (χ2v) is 7.76. The third-order valence-corrected chi connectivity index (χ3v) is 5.19. The molecule has 0 saturated carbocycles. The molecule has 5 nitrogen and oxygen atoms in total. The SMILES string of the molecule is C=C/C(=C\C)CC(C)C(=O)O[C@H]1Cc2cc3ccc(=O)oc3cc2OC1(C)C. The summed E-state index contributed by atoms with van der Waals surface area (Å²) in [5.74, 6) is 0.125. The van der Waals surface area contributed by atoms with Crippen LogP contribution < -0.4 is 10.4 Å². The van der Waals surface area contributed by atoms with Gasteiger partial charge < -0.3 is 13.9 Å². The van der Waals surface area contributed by atoms with E-state index in [4.69, 9.17) is 13.9 Å². The summed E-state index contributed by atoms with van der Waals surface area (Å²) in [5, 5.41) is 0.809. The highest BCUT2D eigenvalue weighted by Gasteiger charge is 2.40. The molecule has 0 saturated heterocycles. The van der Waals surface area contributed by atoms with Gasteiger partial charge in [-0.2, -0.15) is 0 Å². The van der Waals surface area contributed by atoms with E-state index in [1.54, 1.807) is 18.2 Å². The minimum atomic E-state index is -0.701. The number of carbonyl (C=O) groups excluding carboxylic acids is 1. The Labute approximate surface area is 164 Å². The lowest BCUT2D eigenvalue weighted by atomic mass is 9.90. The molecule has 0 amide bonds. The largest absolute Gasteiger partial charge is 0.484 e. The van der Waals surface area contributed by atoms with E-state index >= 15 is 0 Å². The van der Waals surface area contributed by atoms with Gasteiger partial charge in [0.05, 0.1) is 5.92 Å². The second kappa shape index (κ2) is 7.66. The van der Waals surface area contributed by atoms with Crippen LogP contribution in [0.4, 0.5) is 0 Å². The Morgan fingerprint density at radius 3 is 2.82 bits per heavy atom. The van der Waals surface area contributed by atoms with Crippen molar-refractivity contribution in [2.45, 2.75) is 52.2 Å². The van der Waals surface area contributed by atoms with E-state index in [-0.39, 0.29) is 11.9 Å². The normalized spacial score (nSPS) is 19.4. The maximum absolute atomic E-state index is 12.6. The van der Waals surface area contributed by atoms with Crippen LogP contribution in [0.15, 0.2) is 57.8 Å². The summed E-state index contributed by atoms with van der Waals surface area (Å²) < 4.78 is 17.2. The summed E-state index contributed by atoms with van der Waals surface area (Å²) >= 11 is 0. The number of fused-ring (bicyclic) bond motifs is 2. The van der Waals surface area contributed by atoms with E-state index in [1.165, 1.54) is 6.07 Å². The Bertz CT molecular complexity index is 996. The van der Waals surface area contributed by atoms with Gasteiger partial charge >= 0.3 is 11.6 Å². The Kier molecular flexibility index (Phi) is 5.45. The molecule has 0 N–H and O–H groups in total. The smallest absolute Gasteiger partial charge is 0.336 e. The van der Waals surface area contributed by atoms with Crippen LogP contribution in [-0.2, 0) is 16.0 Å². The van der Waals surface area contributed by atoms with Crippen LogP contribution in [0.1, 0.15) is 39.7 Å². The highest BCUT2D eigenvalue weighted by molar-refractivity contribution is 5.79. The van der Waals surface area contributed by atoms with Crippen molar-refractivity contribution in [3.05, 3.63) is 64.6 Å². The molecule has 2 heterocycles. The van der Waals surface area contributed by atoms with E-state index < -0.39 is 17.3 Å². The first-order valence-corrected chi connectivity index (χ1v) is 9.47. The van der Waals surface area contributed by atoms with E-state index in [0.29, 0.717) is 24.2 Å². The van der Waals surface area contributed by atoms with Crippen molar-refractivity contribution in [3.63, 3.8) is 0 Å². The molecule has 0 radical (unpaired) electrons. The van der Waals surface area contributed by atoms with Gasteiger partial charge in [-0.15, -0.1) is 0 Å². The van der Waals surface area contributed by atoms with Crippen molar-refractivity contribution < 1.29 is 18.7 Å². The molecule has 3 rings (SSSR count). The number of allylic oxidation sites excluding steroid dienone is 3. The molecule has 2 aromatic rings. The number of rotatable bonds is 5. The van der Waals surface area contributed by atoms with E-state index in [9.17, 15) is 9.59 Å². The van der Waals surface area contributed by atoms with Crippen molar-refractivity contribution >= 4 is 16.9 Å². The fourth-order valence-electron chi connectivity index (χ4n) is 3.39. The van der Waals surface area contributed by atoms with E-state index in [2.05, 4.69) is 6.58 Å². The number of esters is 1. The highest BCUT2D eigenvalue weighted by atomic mass is 16.6. The van der Waals surface area contributed by atoms with Gasteiger partial charge in [-0.25, -0.2) is 4.79 Å². The third-order valence-electron chi connectivity index (χ3n) is 5.19. The Morgan fingerprint density at radius 2 is 2.14 bits per heavy atom. The zero-order chi connectivity index (χ0) is 20.5. The van der Waals surface area contributed by atoms with Gasteiger partial charge in [-0.3, -0.25) is 4.79 Å². The van der Waals surface area contributed by atoms with Crippen LogP contribution in [-0.4, -0.2) is 17.7 Å². The number of hydrogen-bond donors (Lipinski definition) is 0. The number of benzene rings is 1. The Morgan fingerprint density at radius 1 is 1.39 bits per heavy atom. The molecule has 1 unspecified atom stereocenters. The monoisotopic (exact) mass is 382 g/mol. The van der Waals surface area contributed by atoms with Gasteiger partial charge in [-0.05, 0) is 44.9 Å². The molecule has 1 aliphatic heterocycles. The first-order valence-electron chi connectivity index (χ1n) is 9.47. The van der Waals surface area contributed by atoms with Crippen LogP contribution in [0.2, 0.25) is 0 Å². The third kappa shape index (κ3) is 4.03.